The number of halogens is 1. The lowest BCUT2D eigenvalue weighted by atomic mass is 10.1. The molecule has 0 atom stereocenters. The third kappa shape index (κ3) is 6.71. The van der Waals surface area contributed by atoms with Crippen molar-refractivity contribution >= 4 is 69.2 Å². The topological polar surface area (TPSA) is 67.9 Å². The molecule has 37 heavy (non-hydrogen) atoms. The highest BCUT2D eigenvalue weighted by molar-refractivity contribution is 8.27. The van der Waals surface area contributed by atoms with Crippen molar-refractivity contribution in [1.82, 2.24) is 0 Å². The molecular weight excluding hydrogens is 528 g/mol. The van der Waals surface area contributed by atoms with Crippen molar-refractivity contribution in [2.24, 2.45) is 0 Å². The Labute approximate surface area is 230 Å². The maximum Gasteiger partial charge on any atom is 0.270 e. The molecule has 3 aromatic rings. The Morgan fingerprint density at radius 2 is 1.78 bits per heavy atom. The number of hydrogen-bond acceptors (Lipinski definition) is 6. The summed E-state index contributed by atoms with van der Waals surface area (Å²) in [6.07, 6.45) is 2.67. The normalized spacial score (nSPS) is 14.2. The number of aryl methyl sites for hydroxylation is 1. The Morgan fingerprint density at radius 3 is 2.43 bits per heavy atom. The largest absolute Gasteiger partial charge is 0.494 e. The van der Waals surface area contributed by atoms with Gasteiger partial charge in [0.05, 0.1) is 22.2 Å². The fourth-order valence-corrected chi connectivity index (χ4v) is 5.13. The summed E-state index contributed by atoms with van der Waals surface area (Å²) >= 11 is 13.1. The van der Waals surface area contributed by atoms with Gasteiger partial charge in [-0.25, -0.2) is 0 Å². The summed E-state index contributed by atoms with van der Waals surface area (Å²) in [5.41, 5.74) is 3.29. The number of nitrogens with one attached hydrogen (secondary N) is 1. The SMILES string of the molecule is CCOc1ccc(N2C(=O)/C(=C/c3ccc(OCC(=O)Nc4ccc(CC)cc4)c(Cl)c3)SC2=S)cc1. The van der Waals surface area contributed by atoms with Gasteiger partial charge in [-0.2, -0.15) is 0 Å². The fraction of sp³-hybridized carbons (Fsp3) is 0.179. The van der Waals surface area contributed by atoms with E-state index in [-0.39, 0.29) is 18.4 Å². The van der Waals surface area contributed by atoms with Gasteiger partial charge in [-0.3, -0.25) is 14.5 Å². The van der Waals surface area contributed by atoms with Crippen LogP contribution in [0.25, 0.3) is 6.08 Å². The van der Waals surface area contributed by atoms with Crippen molar-refractivity contribution in [3.05, 3.63) is 87.8 Å². The molecule has 1 aliphatic heterocycles. The first-order valence-electron chi connectivity index (χ1n) is 11.7. The Balaban J connectivity index is 1.38. The van der Waals surface area contributed by atoms with E-state index in [4.69, 9.17) is 33.3 Å². The number of nitrogens with zero attached hydrogens (tertiary/aromatic N) is 1. The van der Waals surface area contributed by atoms with E-state index < -0.39 is 0 Å². The smallest absolute Gasteiger partial charge is 0.270 e. The highest BCUT2D eigenvalue weighted by Gasteiger charge is 2.33. The molecule has 1 saturated heterocycles. The molecular formula is C28H25ClN2O4S2. The average molecular weight is 553 g/mol. The molecule has 0 aliphatic carbocycles. The predicted molar refractivity (Wildman–Crippen MR) is 155 cm³/mol. The van der Waals surface area contributed by atoms with E-state index in [1.165, 1.54) is 22.2 Å². The average Bonchev–Trinajstić information content (AvgIpc) is 3.17. The molecule has 1 fully saturated rings. The summed E-state index contributed by atoms with van der Waals surface area (Å²) in [5.74, 6) is 0.603. The molecule has 1 aliphatic rings. The van der Waals surface area contributed by atoms with Gasteiger partial charge in [-0.1, -0.05) is 60.7 Å². The standard InChI is InChI=1S/C28H25ClN2O4S2/c1-3-18-5-8-20(9-6-18)30-26(32)17-35-24-14-7-19(15-23(24)29)16-25-27(33)31(28(36)37-25)21-10-12-22(13-11-21)34-4-2/h5-16H,3-4,17H2,1-2H3,(H,30,32)/b25-16-. The number of hydrogen-bond donors (Lipinski definition) is 1. The number of amides is 2. The van der Waals surface area contributed by atoms with Crippen molar-refractivity contribution in [3.63, 3.8) is 0 Å². The molecule has 190 valence electrons. The number of thiocarbonyl (C=S) groups is 1. The lowest BCUT2D eigenvalue weighted by Gasteiger charge is -2.15. The molecule has 3 aromatic carbocycles. The molecule has 0 aromatic heterocycles. The zero-order chi connectivity index (χ0) is 26.4. The Morgan fingerprint density at radius 1 is 1.05 bits per heavy atom. The molecule has 0 unspecified atom stereocenters. The first-order valence-corrected chi connectivity index (χ1v) is 13.3. The van der Waals surface area contributed by atoms with Crippen LogP contribution < -0.4 is 19.7 Å². The molecule has 0 spiro atoms. The minimum Gasteiger partial charge on any atom is -0.494 e. The van der Waals surface area contributed by atoms with Crippen LogP contribution >= 0.6 is 35.6 Å². The minimum absolute atomic E-state index is 0.185. The van der Waals surface area contributed by atoms with Crippen molar-refractivity contribution in [2.45, 2.75) is 20.3 Å². The van der Waals surface area contributed by atoms with Gasteiger partial charge >= 0.3 is 0 Å². The number of rotatable bonds is 9. The van der Waals surface area contributed by atoms with Crippen molar-refractivity contribution < 1.29 is 19.1 Å². The molecule has 4 rings (SSSR count). The molecule has 6 nitrogen and oxygen atoms in total. The van der Waals surface area contributed by atoms with E-state index in [0.29, 0.717) is 43.5 Å². The van der Waals surface area contributed by atoms with Gasteiger partial charge in [0, 0.05) is 5.69 Å². The van der Waals surface area contributed by atoms with Gasteiger partial charge in [0.1, 0.15) is 11.5 Å². The third-order valence-corrected chi connectivity index (χ3v) is 7.06. The summed E-state index contributed by atoms with van der Waals surface area (Å²) in [6.45, 7) is 4.37. The van der Waals surface area contributed by atoms with Gasteiger partial charge in [0.2, 0.25) is 0 Å². The molecule has 0 bridgehead atoms. The molecule has 2 amide bonds. The molecule has 0 radical (unpaired) electrons. The van der Waals surface area contributed by atoms with Crippen LogP contribution in [-0.4, -0.2) is 29.3 Å². The zero-order valence-corrected chi connectivity index (χ0v) is 22.7. The van der Waals surface area contributed by atoms with Gasteiger partial charge in [0.25, 0.3) is 11.8 Å². The highest BCUT2D eigenvalue weighted by Crippen LogP contribution is 2.37. The molecule has 1 heterocycles. The minimum atomic E-state index is -0.289. The van der Waals surface area contributed by atoms with Crippen molar-refractivity contribution in [1.29, 1.82) is 0 Å². The Bertz CT molecular complexity index is 1340. The third-order valence-electron chi connectivity index (χ3n) is 5.46. The van der Waals surface area contributed by atoms with Crippen LogP contribution in [0.1, 0.15) is 25.0 Å². The van der Waals surface area contributed by atoms with E-state index in [2.05, 4.69) is 12.2 Å². The van der Waals surface area contributed by atoms with E-state index >= 15 is 0 Å². The summed E-state index contributed by atoms with van der Waals surface area (Å²) in [5, 5.41) is 3.13. The van der Waals surface area contributed by atoms with E-state index in [1.807, 2.05) is 43.3 Å². The highest BCUT2D eigenvalue weighted by atomic mass is 35.5. The maximum absolute atomic E-state index is 13.1. The summed E-state index contributed by atoms with van der Waals surface area (Å²) < 4.78 is 11.5. The van der Waals surface area contributed by atoms with Gasteiger partial charge in [0.15, 0.2) is 10.9 Å². The molecule has 1 N–H and O–H groups in total. The van der Waals surface area contributed by atoms with Crippen LogP contribution in [0, 0.1) is 0 Å². The second kappa shape index (κ2) is 12.3. The second-order valence-corrected chi connectivity index (χ2v) is 10.1. The number of ether oxygens (including phenoxy) is 2. The molecule has 9 heteroatoms. The summed E-state index contributed by atoms with van der Waals surface area (Å²) in [7, 11) is 0. The van der Waals surface area contributed by atoms with Gasteiger partial charge in [-0.05, 0) is 79.1 Å². The first-order chi connectivity index (χ1) is 17.9. The summed E-state index contributed by atoms with van der Waals surface area (Å²) in [4.78, 5) is 27.3. The zero-order valence-electron chi connectivity index (χ0n) is 20.3. The van der Waals surface area contributed by atoms with E-state index in [9.17, 15) is 9.59 Å². The fourth-order valence-electron chi connectivity index (χ4n) is 3.59. The van der Waals surface area contributed by atoms with E-state index in [1.54, 1.807) is 36.4 Å². The number of thioether (sulfide) groups is 1. The quantitative estimate of drug-likeness (QED) is 0.235. The first kappa shape index (κ1) is 26.7. The number of carbonyl (C=O) groups is 2. The van der Waals surface area contributed by atoms with Crippen LogP contribution in [-0.2, 0) is 16.0 Å². The Kier molecular flexibility index (Phi) is 8.87. The van der Waals surface area contributed by atoms with Crippen molar-refractivity contribution in [3.8, 4) is 11.5 Å². The lowest BCUT2D eigenvalue weighted by Crippen LogP contribution is -2.27. The number of anilines is 2. The van der Waals surface area contributed by atoms with Gasteiger partial charge < -0.3 is 14.8 Å². The van der Waals surface area contributed by atoms with Crippen LogP contribution in [0.15, 0.2) is 71.6 Å². The van der Waals surface area contributed by atoms with Crippen LogP contribution in [0.4, 0.5) is 11.4 Å². The van der Waals surface area contributed by atoms with Crippen LogP contribution in [0.2, 0.25) is 5.02 Å². The molecule has 0 saturated carbocycles. The van der Waals surface area contributed by atoms with Crippen molar-refractivity contribution in [2.75, 3.05) is 23.4 Å². The lowest BCUT2D eigenvalue weighted by molar-refractivity contribution is -0.118. The van der Waals surface area contributed by atoms with Crippen LogP contribution in [0.5, 0.6) is 11.5 Å². The maximum atomic E-state index is 13.1. The predicted octanol–water partition coefficient (Wildman–Crippen LogP) is 6.72. The monoisotopic (exact) mass is 552 g/mol. The number of carbonyl (C=O) groups excluding carboxylic acids is 2. The number of benzene rings is 3. The van der Waals surface area contributed by atoms with E-state index in [0.717, 1.165) is 12.2 Å². The van der Waals surface area contributed by atoms with Gasteiger partial charge in [-0.15, -0.1) is 0 Å². The van der Waals surface area contributed by atoms with Crippen LogP contribution in [0.3, 0.4) is 0 Å². The summed E-state index contributed by atoms with van der Waals surface area (Å²) in [6, 6.07) is 20.0. The second-order valence-electron chi connectivity index (χ2n) is 8.02. The Hall–Kier alpha value is -3.33.